The van der Waals surface area contributed by atoms with Gasteiger partial charge >= 0.3 is 0 Å². The molecule has 0 amide bonds. The molecule has 0 spiro atoms. The fourth-order valence-electron chi connectivity index (χ4n) is 1.99. The molecule has 0 aliphatic carbocycles. The van der Waals surface area contributed by atoms with E-state index in [0.717, 1.165) is 16.2 Å². The predicted molar refractivity (Wildman–Crippen MR) is 80.0 cm³/mol. The molecule has 1 heterocycles. The summed E-state index contributed by atoms with van der Waals surface area (Å²) in [6.45, 7) is 0. The average molecular weight is 273 g/mol. The molecule has 0 aromatic heterocycles. The second-order valence-corrected chi connectivity index (χ2v) is 6.42. The van der Waals surface area contributed by atoms with E-state index in [4.69, 9.17) is 0 Å². The Labute approximate surface area is 117 Å². The van der Waals surface area contributed by atoms with Crippen molar-refractivity contribution in [1.29, 1.82) is 0 Å². The molecular weight excluding hydrogens is 254 g/mol. The summed E-state index contributed by atoms with van der Waals surface area (Å²) in [4.78, 5) is 3.94. The Morgan fingerprint density at radius 2 is 1.21 bits per heavy atom. The lowest BCUT2D eigenvalue weighted by molar-refractivity contribution is 0.505. The highest BCUT2D eigenvalue weighted by Crippen LogP contribution is 2.30. The molecule has 0 saturated carbocycles. The third-order valence-corrected chi connectivity index (χ3v) is 4.32. The zero-order valence-electron chi connectivity index (χ0n) is 11.6. The van der Waals surface area contributed by atoms with Crippen molar-refractivity contribution < 1.29 is 4.21 Å². The van der Waals surface area contributed by atoms with Crippen molar-refractivity contribution in [3.63, 3.8) is 0 Å². The lowest BCUT2D eigenvalue weighted by atomic mass is 10.0. The summed E-state index contributed by atoms with van der Waals surface area (Å²) in [5, 5.41) is 0. The topological polar surface area (TPSA) is 20.3 Å². The van der Waals surface area contributed by atoms with E-state index in [1.54, 1.807) is 0 Å². The molecule has 0 radical (unpaired) electrons. The fraction of sp³-hybridized carbons (Fsp3) is 0.250. The largest absolute Gasteiger partial charge is 0.312 e. The van der Waals surface area contributed by atoms with E-state index in [1.165, 1.54) is 11.1 Å². The van der Waals surface area contributed by atoms with E-state index >= 15 is 0 Å². The van der Waals surface area contributed by atoms with Gasteiger partial charge in [-0.15, -0.1) is 0 Å². The van der Waals surface area contributed by atoms with Crippen molar-refractivity contribution in [2.24, 2.45) is 0 Å². The molecule has 0 atom stereocenters. The van der Waals surface area contributed by atoms with Crippen LogP contribution in [0, 0.1) is 0 Å². The van der Waals surface area contributed by atoms with Crippen LogP contribution in [0.1, 0.15) is 11.1 Å². The smallest absolute Gasteiger partial charge is 0.0855 e. The Kier molecular flexibility index (Phi) is 4.51. The zero-order valence-corrected chi connectivity index (χ0v) is 12.4. The molecule has 19 heavy (non-hydrogen) atoms. The van der Waals surface area contributed by atoms with E-state index in [9.17, 15) is 4.21 Å². The van der Waals surface area contributed by atoms with Gasteiger partial charge in [0, 0.05) is 9.79 Å². The van der Waals surface area contributed by atoms with E-state index in [-0.39, 0.29) is 0 Å². The van der Waals surface area contributed by atoms with Crippen LogP contribution < -0.4 is 0 Å². The number of hydrogen-bond donors (Lipinski definition) is 0. The van der Waals surface area contributed by atoms with E-state index in [0.29, 0.717) is 0 Å². The molecule has 2 nitrogen and oxygen atoms in total. The molecular formula is C16H19NOS. The van der Waals surface area contributed by atoms with Crippen LogP contribution in [-0.2, 0) is 17.2 Å². The average Bonchev–Trinajstić information content (AvgIpc) is 2.38. The van der Waals surface area contributed by atoms with Gasteiger partial charge in [0.1, 0.15) is 0 Å². The van der Waals surface area contributed by atoms with Gasteiger partial charge in [-0.3, -0.25) is 0 Å². The minimum absolute atomic E-state index is 0.901. The SMILES string of the molecule is CN(C)C.O=S1c2ccccc2Cc2ccccc21. The third kappa shape index (κ3) is 3.31. The molecule has 1 aliphatic heterocycles. The van der Waals surface area contributed by atoms with Gasteiger partial charge in [0.05, 0.1) is 10.8 Å². The monoisotopic (exact) mass is 273 g/mol. The van der Waals surface area contributed by atoms with Crippen molar-refractivity contribution in [3.05, 3.63) is 59.7 Å². The summed E-state index contributed by atoms with van der Waals surface area (Å²) < 4.78 is 12.2. The predicted octanol–water partition coefficient (Wildman–Crippen LogP) is 2.94. The molecule has 0 unspecified atom stereocenters. The maximum Gasteiger partial charge on any atom is 0.0855 e. The molecule has 2 aromatic rings. The van der Waals surface area contributed by atoms with Gasteiger partial charge in [0.2, 0.25) is 0 Å². The highest BCUT2D eigenvalue weighted by atomic mass is 32.2. The van der Waals surface area contributed by atoms with Gasteiger partial charge < -0.3 is 4.90 Å². The lowest BCUT2D eigenvalue weighted by Crippen LogP contribution is -2.08. The molecule has 0 N–H and O–H groups in total. The number of rotatable bonds is 0. The van der Waals surface area contributed by atoms with Crippen LogP contribution in [0.25, 0.3) is 0 Å². The molecule has 3 rings (SSSR count). The summed E-state index contributed by atoms with van der Waals surface area (Å²) in [5.41, 5.74) is 2.38. The number of nitrogens with zero attached hydrogens (tertiary/aromatic N) is 1. The standard InChI is InChI=1S/C13H10OS.C3H9N/c14-15-12-7-3-1-5-10(12)9-11-6-2-4-8-13(11)15;1-4(2)3/h1-8H,9H2;1-3H3. The van der Waals surface area contributed by atoms with Crippen molar-refractivity contribution in [2.75, 3.05) is 21.1 Å². The van der Waals surface area contributed by atoms with E-state index in [1.807, 2.05) is 62.4 Å². The van der Waals surface area contributed by atoms with Crippen molar-refractivity contribution in [1.82, 2.24) is 4.90 Å². The Balaban J connectivity index is 0.000000297. The highest BCUT2D eigenvalue weighted by Gasteiger charge is 2.20. The van der Waals surface area contributed by atoms with Crippen molar-refractivity contribution in [3.8, 4) is 0 Å². The quantitative estimate of drug-likeness (QED) is 0.627. The Bertz CT molecular complexity index is 543. The van der Waals surface area contributed by atoms with Crippen LogP contribution in [0.4, 0.5) is 0 Å². The van der Waals surface area contributed by atoms with Crippen LogP contribution in [0.15, 0.2) is 58.3 Å². The normalized spacial score (nSPS) is 13.3. The summed E-state index contributed by atoms with van der Waals surface area (Å²) in [5.74, 6) is 0. The van der Waals surface area contributed by atoms with Gasteiger partial charge in [-0.25, -0.2) is 4.21 Å². The van der Waals surface area contributed by atoms with E-state index in [2.05, 4.69) is 12.1 Å². The number of hydrogen-bond acceptors (Lipinski definition) is 2. The first-order valence-corrected chi connectivity index (χ1v) is 7.43. The Morgan fingerprint density at radius 1 is 0.842 bits per heavy atom. The van der Waals surface area contributed by atoms with Gasteiger partial charge in [-0.1, -0.05) is 36.4 Å². The first-order chi connectivity index (χ1) is 9.09. The van der Waals surface area contributed by atoms with Crippen molar-refractivity contribution >= 4 is 10.8 Å². The zero-order chi connectivity index (χ0) is 13.8. The summed E-state index contributed by atoms with van der Waals surface area (Å²) >= 11 is 0. The molecule has 2 aromatic carbocycles. The third-order valence-electron chi connectivity index (χ3n) is 2.73. The first-order valence-electron chi connectivity index (χ1n) is 6.28. The van der Waals surface area contributed by atoms with E-state index < -0.39 is 10.8 Å². The maximum absolute atomic E-state index is 12.2. The minimum Gasteiger partial charge on any atom is -0.312 e. The highest BCUT2D eigenvalue weighted by molar-refractivity contribution is 7.85. The molecule has 0 bridgehead atoms. The fourth-order valence-corrected chi connectivity index (χ4v) is 3.38. The number of benzene rings is 2. The van der Waals surface area contributed by atoms with Crippen LogP contribution in [0.2, 0.25) is 0 Å². The van der Waals surface area contributed by atoms with Gasteiger partial charge in [0.25, 0.3) is 0 Å². The lowest BCUT2D eigenvalue weighted by Gasteiger charge is -2.18. The number of fused-ring (bicyclic) bond motifs is 2. The molecule has 1 aliphatic rings. The molecule has 3 heteroatoms. The minimum atomic E-state index is -0.990. The summed E-state index contributed by atoms with van der Waals surface area (Å²) in [6, 6.07) is 15.9. The van der Waals surface area contributed by atoms with Gasteiger partial charge in [0.15, 0.2) is 0 Å². The van der Waals surface area contributed by atoms with Crippen molar-refractivity contribution in [2.45, 2.75) is 16.2 Å². The maximum atomic E-state index is 12.2. The van der Waals surface area contributed by atoms with Crippen LogP contribution in [-0.4, -0.2) is 30.3 Å². The first kappa shape index (κ1) is 14.0. The molecule has 0 saturated heterocycles. The summed E-state index contributed by atoms with van der Waals surface area (Å²) in [7, 11) is 5.01. The Morgan fingerprint density at radius 3 is 1.63 bits per heavy atom. The Hall–Kier alpha value is -1.45. The molecule has 100 valence electrons. The van der Waals surface area contributed by atoms with Crippen LogP contribution >= 0.6 is 0 Å². The second kappa shape index (κ2) is 6.13. The van der Waals surface area contributed by atoms with Crippen LogP contribution in [0.5, 0.6) is 0 Å². The van der Waals surface area contributed by atoms with Gasteiger partial charge in [-0.2, -0.15) is 0 Å². The van der Waals surface area contributed by atoms with Gasteiger partial charge in [-0.05, 0) is 50.8 Å². The summed E-state index contributed by atoms with van der Waals surface area (Å²) in [6.07, 6.45) is 0.901. The second-order valence-electron chi connectivity index (χ2n) is 5.00. The van der Waals surface area contributed by atoms with Crippen LogP contribution in [0.3, 0.4) is 0 Å². The molecule has 0 fully saturated rings.